The van der Waals surface area contributed by atoms with Crippen molar-refractivity contribution in [3.63, 3.8) is 0 Å². The van der Waals surface area contributed by atoms with Crippen LogP contribution in [0.4, 0.5) is 11.6 Å². The van der Waals surface area contributed by atoms with E-state index in [1.165, 1.54) is 6.07 Å². The second kappa shape index (κ2) is 8.11. The highest BCUT2D eigenvalue weighted by Gasteiger charge is 2.12. The quantitative estimate of drug-likeness (QED) is 0.593. The average molecular weight is 351 g/mol. The molecule has 0 aliphatic carbocycles. The molecule has 0 aliphatic rings. The third kappa shape index (κ3) is 4.35. The molecule has 26 heavy (non-hydrogen) atoms. The molecular weight excluding hydrogens is 330 g/mol. The van der Waals surface area contributed by atoms with Crippen molar-refractivity contribution in [2.75, 3.05) is 24.2 Å². The molecule has 3 rings (SSSR count). The number of nitrogens with zero attached hydrogens (tertiary/aromatic N) is 4. The second-order valence-corrected chi connectivity index (χ2v) is 5.87. The lowest BCUT2D eigenvalue weighted by Gasteiger charge is -2.21. The van der Waals surface area contributed by atoms with Crippen molar-refractivity contribution in [1.29, 1.82) is 0 Å². The van der Waals surface area contributed by atoms with E-state index in [0.29, 0.717) is 12.2 Å². The monoisotopic (exact) mass is 351 g/mol. The van der Waals surface area contributed by atoms with Crippen molar-refractivity contribution in [3.05, 3.63) is 65.7 Å². The van der Waals surface area contributed by atoms with E-state index in [9.17, 15) is 4.79 Å². The normalized spacial score (nSPS) is 10.5. The topological polar surface area (TPSA) is 113 Å². The predicted octanol–water partition coefficient (Wildman–Crippen LogP) is 1.39. The van der Waals surface area contributed by atoms with Crippen LogP contribution in [0.25, 0.3) is 0 Å². The van der Waals surface area contributed by atoms with Gasteiger partial charge in [-0.25, -0.2) is 4.98 Å². The van der Waals surface area contributed by atoms with Gasteiger partial charge in [-0.15, -0.1) is 0 Å². The van der Waals surface area contributed by atoms with Crippen molar-refractivity contribution in [3.8, 4) is 0 Å². The molecule has 134 valence electrons. The lowest BCUT2D eigenvalue weighted by Crippen LogP contribution is -2.27. The number of rotatable bonds is 7. The maximum Gasteiger partial charge on any atom is 0.269 e. The Bertz CT molecular complexity index is 863. The van der Waals surface area contributed by atoms with E-state index in [4.69, 9.17) is 5.73 Å². The van der Waals surface area contributed by atoms with Gasteiger partial charge in [0.05, 0.1) is 0 Å². The van der Waals surface area contributed by atoms with Crippen molar-refractivity contribution >= 4 is 17.5 Å². The van der Waals surface area contributed by atoms with Crippen LogP contribution in [0.5, 0.6) is 0 Å². The van der Waals surface area contributed by atoms with E-state index in [1.807, 2.05) is 37.4 Å². The molecule has 0 saturated heterocycles. The molecule has 0 aliphatic heterocycles. The molecule has 1 amide bonds. The number of amides is 1. The summed E-state index contributed by atoms with van der Waals surface area (Å²) in [6.07, 6.45) is 4.35. The number of nitrogens with one attached hydrogen (secondary N) is 2. The van der Waals surface area contributed by atoms with Crippen molar-refractivity contribution in [2.45, 2.75) is 13.0 Å². The van der Waals surface area contributed by atoms with Gasteiger partial charge >= 0.3 is 0 Å². The molecule has 0 aromatic carbocycles. The van der Waals surface area contributed by atoms with Gasteiger partial charge in [0.25, 0.3) is 5.91 Å². The number of aromatic nitrogens is 4. The Morgan fingerprint density at radius 1 is 1.23 bits per heavy atom. The summed E-state index contributed by atoms with van der Waals surface area (Å²) in [4.78, 5) is 23.0. The van der Waals surface area contributed by atoms with Crippen molar-refractivity contribution < 1.29 is 4.79 Å². The van der Waals surface area contributed by atoms with E-state index >= 15 is 0 Å². The number of hydrogen-bond donors (Lipinski definition) is 3. The van der Waals surface area contributed by atoms with Gasteiger partial charge in [0.2, 0.25) is 0 Å². The summed E-state index contributed by atoms with van der Waals surface area (Å²) < 4.78 is 0. The van der Waals surface area contributed by atoms with E-state index < -0.39 is 0 Å². The van der Waals surface area contributed by atoms with Crippen LogP contribution in [-0.4, -0.2) is 39.7 Å². The standard InChI is InChI=1S/C18H21N7O/c1-25(10-7-14-6-2-3-8-20-14)17-13(5-4-9-21-17)12-22-18(26)15-11-16(19)24-23-15/h2-6,8-9,11H,7,10,12H2,1H3,(H,22,26)(H3,19,23,24). The maximum atomic E-state index is 12.1. The number of H-pyrrole nitrogens is 1. The first-order valence-electron chi connectivity index (χ1n) is 8.27. The van der Waals surface area contributed by atoms with Crippen LogP contribution in [0.15, 0.2) is 48.8 Å². The zero-order valence-corrected chi connectivity index (χ0v) is 14.5. The molecular formula is C18H21N7O. The van der Waals surface area contributed by atoms with Crippen LogP contribution in [0.3, 0.4) is 0 Å². The number of nitrogens with two attached hydrogens (primary N) is 1. The summed E-state index contributed by atoms with van der Waals surface area (Å²) in [5.74, 6) is 0.847. The minimum atomic E-state index is -0.264. The minimum absolute atomic E-state index is 0.264. The summed E-state index contributed by atoms with van der Waals surface area (Å²) in [6.45, 7) is 1.13. The molecule has 3 heterocycles. The minimum Gasteiger partial charge on any atom is -0.382 e. The van der Waals surface area contributed by atoms with E-state index in [1.54, 1.807) is 12.4 Å². The zero-order valence-electron chi connectivity index (χ0n) is 14.5. The number of carbonyl (C=O) groups excluding carboxylic acids is 1. The Kier molecular flexibility index (Phi) is 5.43. The van der Waals surface area contributed by atoms with Crippen molar-refractivity contribution in [1.82, 2.24) is 25.5 Å². The predicted molar refractivity (Wildman–Crippen MR) is 99.6 cm³/mol. The van der Waals surface area contributed by atoms with Crippen LogP contribution >= 0.6 is 0 Å². The summed E-state index contributed by atoms with van der Waals surface area (Å²) in [5.41, 5.74) is 7.81. The summed E-state index contributed by atoms with van der Waals surface area (Å²) >= 11 is 0. The summed E-state index contributed by atoms with van der Waals surface area (Å²) in [6, 6.07) is 11.2. The fourth-order valence-electron chi connectivity index (χ4n) is 2.57. The van der Waals surface area contributed by atoms with E-state index in [2.05, 4.69) is 30.4 Å². The lowest BCUT2D eigenvalue weighted by atomic mass is 10.2. The molecule has 0 atom stereocenters. The fourth-order valence-corrected chi connectivity index (χ4v) is 2.57. The van der Waals surface area contributed by atoms with Gasteiger partial charge in [0.15, 0.2) is 0 Å². The van der Waals surface area contributed by atoms with Gasteiger partial charge in [-0.05, 0) is 18.2 Å². The molecule has 8 nitrogen and oxygen atoms in total. The smallest absolute Gasteiger partial charge is 0.269 e. The summed E-state index contributed by atoms with van der Waals surface area (Å²) in [5, 5.41) is 9.21. The summed E-state index contributed by atoms with van der Waals surface area (Å²) in [7, 11) is 1.98. The molecule has 0 bridgehead atoms. The van der Waals surface area contributed by atoms with Gasteiger partial charge in [-0.3, -0.25) is 14.9 Å². The Hall–Kier alpha value is -3.42. The molecule has 4 N–H and O–H groups in total. The molecule has 0 spiro atoms. The van der Waals surface area contributed by atoms with E-state index in [-0.39, 0.29) is 11.7 Å². The fraction of sp³-hybridized carbons (Fsp3) is 0.222. The number of likely N-dealkylation sites (N-methyl/N-ethyl adjacent to an activating group) is 1. The molecule has 0 radical (unpaired) electrons. The third-order valence-corrected chi connectivity index (χ3v) is 3.94. The highest BCUT2D eigenvalue weighted by Crippen LogP contribution is 2.16. The van der Waals surface area contributed by atoms with Crippen LogP contribution in [0.1, 0.15) is 21.7 Å². The van der Waals surface area contributed by atoms with Gasteiger partial charge in [0.1, 0.15) is 17.3 Å². The van der Waals surface area contributed by atoms with Crippen LogP contribution in [0.2, 0.25) is 0 Å². The SMILES string of the molecule is CN(CCc1ccccn1)c1ncccc1CNC(=O)c1cc(N)n[nH]1. The molecule has 3 aromatic heterocycles. The first kappa shape index (κ1) is 17.4. The van der Waals surface area contributed by atoms with Crippen LogP contribution in [-0.2, 0) is 13.0 Å². The van der Waals surface area contributed by atoms with Crippen LogP contribution < -0.4 is 16.0 Å². The largest absolute Gasteiger partial charge is 0.382 e. The van der Waals surface area contributed by atoms with E-state index in [0.717, 1.165) is 30.0 Å². The average Bonchev–Trinajstić information content (AvgIpc) is 3.12. The number of aromatic amines is 1. The number of nitrogen functional groups attached to an aromatic ring is 1. The number of hydrogen-bond acceptors (Lipinski definition) is 6. The molecule has 0 saturated carbocycles. The highest BCUT2D eigenvalue weighted by molar-refractivity contribution is 5.92. The molecule has 3 aromatic rings. The maximum absolute atomic E-state index is 12.1. The molecule has 8 heteroatoms. The Balaban J connectivity index is 1.62. The first-order chi connectivity index (χ1) is 12.6. The lowest BCUT2D eigenvalue weighted by molar-refractivity contribution is 0.0946. The van der Waals surface area contributed by atoms with Gasteiger partial charge in [0, 0.05) is 56.3 Å². The number of anilines is 2. The number of pyridine rings is 2. The van der Waals surface area contributed by atoms with Crippen molar-refractivity contribution in [2.24, 2.45) is 0 Å². The molecule has 0 unspecified atom stereocenters. The van der Waals surface area contributed by atoms with Gasteiger partial charge in [-0.1, -0.05) is 12.1 Å². The third-order valence-electron chi connectivity index (χ3n) is 3.94. The second-order valence-electron chi connectivity index (χ2n) is 5.87. The van der Waals surface area contributed by atoms with Gasteiger partial charge in [-0.2, -0.15) is 5.10 Å². The van der Waals surface area contributed by atoms with Crippen LogP contribution in [0, 0.1) is 0 Å². The first-order valence-corrected chi connectivity index (χ1v) is 8.27. The Labute approximate surface area is 151 Å². The zero-order chi connectivity index (χ0) is 18.4. The molecule has 0 fully saturated rings. The highest BCUT2D eigenvalue weighted by atomic mass is 16.1. The van der Waals surface area contributed by atoms with Gasteiger partial charge < -0.3 is 16.0 Å². The Morgan fingerprint density at radius 2 is 2.08 bits per heavy atom. The Morgan fingerprint density at radius 3 is 2.81 bits per heavy atom. The number of carbonyl (C=O) groups is 1.